The fourth-order valence-corrected chi connectivity index (χ4v) is 2.55. The predicted octanol–water partition coefficient (Wildman–Crippen LogP) is 1.68. The molecule has 3 atom stereocenters. The zero-order valence-electron chi connectivity index (χ0n) is 12.3. The van der Waals surface area contributed by atoms with Gasteiger partial charge in [-0.15, -0.1) is 0 Å². The van der Waals surface area contributed by atoms with Gasteiger partial charge in [0.05, 0.1) is 20.3 Å². The molecule has 112 valence electrons. The Balaban J connectivity index is 2.24. The Bertz CT molecular complexity index is 538. The third-order valence-electron chi connectivity index (χ3n) is 3.65. The van der Waals surface area contributed by atoms with Gasteiger partial charge in [-0.25, -0.2) is 0 Å². The highest BCUT2D eigenvalue weighted by molar-refractivity contribution is 5.76. The van der Waals surface area contributed by atoms with E-state index in [1.807, 2.05) is 37.3 Å². The summed E-state index contributed by atoms with van der Waals surface area (Å²) < 4.78 is 9.94. The SMILES string of the molecule is COC(=O)[C@H]1[C@@H](C)[C@H](c2ccc(OC)cc2)ON1CC#N. The summed E-state index contributed by atoms with van der Waals surface area (Å²) in [4.78, 5) is 17.7. The number of hydrogen-bond acceptors (Lipinski definition) is 6. The number of carbonyl (C=O) groups is 1. The van der Waals surface area contributed by atoms with Crippen LogP contribution in [-0.2, 0) is 14.4 Å². The number of nitriles is 1. The second-order valence-electron chi connectivity index (χ2n) is 4.86. The molecule has 21 heavy (non-hydrogen) atoms. The van der Waals surface area contributed by atoms with E-state index in [-0.39, 0.29) is 18.6 Å². The van der Waals surface area contributed by atoms with E-state index in [1.165, 1.54) is 12.2 Å². The average Bonchev–Trinajstić information content (AvgIpc) is 2.83. The van der Waals surface area contributed by atoms with Gasteiger partial charge >= 0.3 is 5.97 Å². The molecule has 0 saturated carbocycles. The zero-order chi connectivity index (χ0) is 15.4. The van der Waals surface area contributed by atoms with Crippen molar-refractivity contribution >= 4 is 5.97 Å². The van der Waals surface area contributed by atoms with Crippen molar-refractivity contribution in [3.63, 3.8) is 0 Å². The number of methoxy groups -OCH3 is 2. The number of hydrogen-bond donors (Lipinski definition) is 0. The van der Waals surface area contributed by atoms with Crippen LogP contribution in [0.2, 0.25) is 0 Å². The van der Waals surface area contributed by atoms with Crippen LogP contribution < -0.4 is 4.74 Å². The summed E-state index contributed by atoms with van der Waals surface area (Å²) in [6, 6.07) is 8.88. The van der Waals surface area contributed by atoms with Gasteiger partial charge in [0, 0.05) is 5.92 Å². The molecule has 0 spiro atoms. The molecule has 0 aliphatic carbocycles. The smallest absolute Gasteiger partial charge is 0.325 e. The van der Waals surface area contributed by atoms with Crippen LogP contribution in [0, 0.1) is 17.2 Å². The third kappa shape index (κ3) is 2.99. The van der Waals surface area contributed by atoms with E-state index in [1.54, 1.807) is 7.11 Å². The molecule has 1 aromatic carbocycles. The van der Waals surface area contributed by atoms with Gasteiger partial charge in [0.25, 0.3) is 0 Å². The van der Waals surface area contributed by atoms with Gasteiger partial charge in [0.2, 0.25) is 0 Å². The monoisotopic (exact) mass is 290 g/mol. The van der Waals surface area contributed by atoms with Crippen molar-refractivity contribution in [2.75, 3.05) is 20.8 Å². The molecule has 1 fully saturated rings. The topological polar surface area (TPSA) is 71.8 Å². The Labute approximate surface area is 123 Å². The molecule has 0 unspecified atom stereocenters. The molecule has 0 aromatic heterocycles. The molecule has 0 bridgehead atoms. The van der Waals surface area contributed by atoms with Gasteiger partial charge in [-0.3, -0.25) is 9.63 Å². The van der Waals surface area contributed by atoms with Crippen LogP contribution in [0.5, 0.6) is 5.75 Å². The second-order valence-corrected chi connectivity index (χ2v) is 4.86. The Morgan fingerprint density at radius 1 is 1.38 bits per heavy atom. The number of hydroxylamine groups is 2. The van der Waals surface area contributed by atoms with E-state index in [2.05, 4.69) is 0 Å². The van der Waals surface area contributed by atoms with Gasteiger partial charge in [0.15, 0.2) is 0 Å². The minimum absolute atomic E-state index is 0.0107. The van der Waals surface area contributed by atoms with Gasteiger partial charge < -0.3 is 9.47 Å². The standard InChI is InChI=1S/C15H18N2O4/c1-10-13(15(18)20-3)17(9-8-16)21-14(10)11-4-6-12(19-2)7-5-11/h4-7,10,13-14H,9H2,1-3H3/t10-,13-,14-/m1/s1. The molecule has 6 nitrogen and oxygen atoms in total. The molecule has 0 radical (unpaired) electrons. The Morgan fingerprint density at radius 3 is 2.57 bits per heavy atom. The molecule has 1 heterocycles. The number of benzene rings is 1. The van der Waals surface area contributed by atoms with E-state index in [0.717, 1.165) is 11.3 Å². The maximum atomic E-state index is 11.9. The van der Waals surface area contributed by atoms with Crippen LogP contribution in [0.15, 0.2) is 24.3 Å². The summed E-state index contributed by atoms with van der Waals surface area (Å²) in [5.41, 5.74) is 0.928. The van der Waals surface area contributed by atoms with Crippen LogP contribution in [0.3, 0.4) is 0 Å². The Hall–Kier alpha value is -2.10. The molecule has 1 aromatic rings. The summed E-state index contributed by atoms with van der Waals surface area (Å²) in [7, 11) is 2.94. The molecule has 1 saturated heterocycles. The third-order valence-corrected chi connectivity index (χ3v) is 3.65. The first-order chi connectivity index (χ1) is 10.1. The van der Waals surface area contributed by atoms with Crippen molar-refractivity contribution in [1.82, 2.24) is 5.06 Å². The maximum absolute atomic E-state index is 11.9. The van der Waals surface area contributed by atoms with Crippen LogP contribution in [0.4, 0.5) is 0 Å². The van der Waals surface area contributed by atoms with Crippen molar-refractivity contribution in [2.24, 2.45) is 5.92 Å². The zero-order valence-corrected chi connectivity index (χ0v) is 12.3. The van der Waals surface area contributed by atoms with E-state index >= 15 is 0 Å². The van der Waals surface area contributed by atoms with Gasteiger partial charge in [0.1, 0.15) is 24.4 Å². The van der Waals surface area contributed by atoms with Crippen molar-refractivity contribution in [1.29, 1.82) is 5.26 Å². The summed E-state index contributed by atoms with van der Waals surface area (Å²) in [5.74, 6) is 0.232. The molecular weight excluding hydrogens is 272 g/mol. The summed E-state index contributed by atoms with van der Waals surface area (Å²) in [6.45, 7) is 1.92. The lowest BCUT2D eigenvalue weighted by molar-refractivity contribution is -0.176. The fraction of sp³-hybridized carbons (Fsp3) is 0.467. The van der Waals surface area contributed by atoms with Crippen LogP contribution in [0.25, 0.3) is 0 Å². The Kier molecular flexibility index (Phi) is 4.78. The summed E-state index contributed by atoms with van der Waals surface area (Å²) in [6.07, 6.45) is -0.298. The highest BCUT2D eigenvalue weighted by Gasteiger charge is 2.46. The maximum Gasteiger partial charge on any atom is 0.325 e. The normalized spacial score (nSPS) is 25.3. The highest BCUT2D eigenvalue weighted by Crippen LogP contribution is 2.39. The number of esters is 1. The summed E-state index contributed by atoms with van der Waals surface area (Å²) in [5, 5.41) is 10.3. The number of rotatable bonds is 4. The average molecular weight is 290 g/mol. The lowest BCUT2D eigenvalue weighted by atomic mass is 9.92. The molecule has 2 rings (SSSR count). The van der Waals surface area contributed by atoms with Gasteiger partial charge in [-0.2, -0.15) is 10.3 Å². The second kappa shape index (κ2) is 6.57. The lowest BCUT2D eigenvalue weighted by Gasteiger charge is -2.18. The molecule has 1 aliphatic heterocycles. The summed E-state index contributed by atoms with van der Waals surface area (Å²) >= 11 is 0. The van der Waals surface area contributed by atoms with Crippen molar-refractivity contribution in [3.05, 3.63) is 29.8 Å². The predicted molar refractivity (Wildman–Crippen MR) is 74.1 cm³/mol. The molecule has 0 N–H and O–H groups in total. The molecule has 6 heteroatoms. The molecule has 0 amide bonds. The van der Waals surface area contributed by atoms with Gasteiger partial charge in [-0.05, 0) is 17.7 Å². The Morgan fingerprint density at radius 2 is 2.05 bits per heavy atom. The van der Waals surface area contributed by atoms with E-state index in [4.69, 9.17) is 19.6 Å². The highest BCUT2D eigenvalue weighted by atomic mass is 16.7. The van der Waals surface area contributed by atoms with Gasteiger partial charge in [-0.1, -0.05) is 19.1 Å². The molecular formula is C15H18N2O4. The van der Waals surface area contributed by atoms with Crippen molar-refractivity contribution in [2.45, 2.75) is 19.1 Å². The van der Waals surface area contributed by atoms with E-state index in [9.17, 15) is 4.79 Å². The minimum atomic E-state index is -0.582. The minimum Gasteiger partial charge on any atom is -0.497 e. The van der Waals surface area contributed by atoms with Crippen LogP contribution >= 0.6 is 0 Å². The quantitative estimate of drug-likeness (QED) is 0.620. The largest absolute Gasteiger partial charge is 0.497 e. The van der Waals surface area contributed by atoms with Crippen molar-refractivity contribution in [3.8, 4) is 11.8 Å². The first-order valence-corrected chi connectivity index (χ1v) is 6.64. The van der Waals surface area contributed by atoms with Crippen LogP contribution in [0.1, 0.15) is 18.6 Å². The lowest BCUT2D eigenvalue weighted by Crippen LogP contribution is -2.39. The fourth-order valence-electron chi connectivity index (χ4n) is 2.55. The van der Waals surface area contributed by atoms with E-state index < -0.39 is 12.0 Å². The number of nitrogens with zero attached hydrogens (tertiary/aromatic N) is 2. The van der Waals surface area contributed by atoms with E-state index in [0.29, 0.717) is 0 Å². The molecule has 1 aliphatic rings. The number of ether oxygens (including phenoxy) is 2. The number of carbonyl (C=O) groups excluding carboxylic acids is 1. The van der Waals surface area contributed by atoms with Crippen molar-refractivity contribution < 1.29 is 19.1 Å². The first-order valence-electron chi connectivity index (χ1n) is 6.64. The van der Waals surface area contributed by atoms with Crippen LogP contribution in [-0.4, -0.2) is 37.8 Å². The first kappa shape index (κ1) is 15.3.